The number of nitrogens with one attached hydrogen (secondary N) is 1. The van der Waals surface area contributed by atoms with Crippen molar-refractivity contribution in [3.05, 3.63) is 54.4 Å². The number of fused-ring (bicyclic) bond motifs is 1. The summed E-state index contributed by atoms with van der Waals surface area (Å²) in [5.74, 6) is 1.41. The molecule has 0 saturated carbocycles. The average Bonchev–Trinajstić information content (AvgIpc) is 2.67. The number of rotatable bonds is 7. The number of likely N-dealkylation sites (N-methyl/N-ethyl adjacent to an activating group) is 1. The first-order valence-corrected chi connectivity index (χ1v) is 10.7. The van der Waals surface area contributed by atoms with Gasteiger partial charge >= 0.3 is 0 Å². The van der Waals surface area contributed by atoms with Crippen LogP contribution in [-0.2, 0) is 9.84 Å². The number of benzene rings is 2. The number of sulfone groups is 1. The molecule has 0 amide bonds. The number of methoxy groups -OCH3 is 1. The number of nitrogens with zero attached hydrogens (tertiary/aromatic N) is 3. The van der Waals surface area contributed by atoms with E-state index in [4.69, 9.17) is 4.74 Å². The van der Waals surface area contributed by atoms with E-state index in [2.05, 4.69) is 20.2 Å². The highest BCUT2D eigenvalue weighted by Crippen LogP contribution is 2.29. The molecule has 0 spiro atoms. The number of anilines is 1. The molecular formula is C20H24N4O3S. The highest BCUT2D eigenvalue weighted by molar-refractivity contribution is 7.90. The van der Waals surface area contributed by atoms with Crippen LogP contribution >= 0.6 is 0 Å². The summed E-state index contributed by atoms with van der Waals surface area (Å²) < 4.78 is 29.3. The van der Waals surface area contributed by atoms with Crippen LogP contribution in [0, 0.1) is 0 Å². The molecular weight excluding hydrogens is 376 g/mol. The Balaban J connectivity index is 1.95. The monoisotopic (exact) mass is 400 g/mol. The Labute approximate surface area is 165 Å². The molecule has 0 aliphatic rings. The molecule has 0 aliphatic carbocycles. The second kappa shape index (κ2) is 8.12. The normalized spacial score (nSPS) is 12.9. The van der Waals surface area contributed by atoms with Crippen molar-refractivity contribution in [1.29, 1.82) is 0 Å². The average molecular weight is 401 g/mol. The predicted octanol–water partition coefficient (Wildman–Crippen LogP) is 2.76. The van der Waals surface area contributed by atoms with E-state index < -0.39 is 9.84 Å². The van der Waals surface area contributed by atoms with Crippen molar-refractivity contribution in [2.45, 2.75) is 10.9 Å². The van der Waals surface area contributed by atoms with Crippen LogP contribution in [0.15, 0.2) is 53.7 Å². The minimum atomic E-state index is -3.32. The largest absolute Gasteiger partial charge is 0.496 e. The SMILES string of the molecule is COc1ccccc1C(CNc1ncnc2ccc(S(C)(=O)=O)cc12)N(C)C. The molecule has 1 N–H and O–H groups in total. The molecule has 0 radical (unpaired) electrons. The zero-order valence-corrected chi connectivity index (χ0v) is 17.2. The van der Waals surface area contributed by atoms with Gasteiger partial charge in [0.2, 0.25) is 0 Å². The summed E-state index contributed by atoms with van der Waals surface area (Å²) >= 11 is 0. The fraction of sp³-hybridized carbons (Fsp3) is 0.300. The zero-order chi connectivity index (χ0) is 20.3. The van der Waals surface area contributed by atoms with Gasteiger partial charge in [-0.2, -0.15) is 0 Å². The molecule has 0 fully saturated rings. The van der Waals surface area contributed by atoms with Gasteiger partial charge in [-0.15, -0.1) is 0 Å². The van der Waals surface area contributed by atoms with Gasteiger partial charge in [0.1, 0.15) is 17.9 Å². The van der Waals surface area contributed by atoms with Gasteiger partial charge in [0.05, 0.1) is 23.6 Å². The molecule has 2 aromatic carbocycles. The van der Waals surface area contributed by atoms with Crippen molar-refractivity contribution >= 4 is 26.6 Å². The van der Waals surface area contributed by atoms with Gasteiger partial charge in [-0.1, -0.05) is 18.2 Å². The summed E-state index contributed by atoms with van der Waals surface area (Å²) in [6.07, 6.45) is 2.66. The third-order valence-corrected chi connectivity index (χ3v) is 5.73. The third kappa shape index (κ3) is 4.23. The van der Waals surface area contributed by atoms with Gasteiger partial charge in [-0.05, 0) is 38.4 Å². The summed E-state index contributed by atoms with van der Waals surface area (Å²) in [5.41, 5.74) is 1.74. The highest BCUT2D eigenvalue weighted by atomic mass is 32.2. The Morgan fingerprint density at radius 1 is 1.14 bits per heavy atom. The molecule has 28 heavy (non-hydrogen) atoms. The summed E-state index contributed by atoms with van der Waals surface area (Å²) in [7, 11) is 2.34. The summed E-state index contributed by atoms with van der Waals surface area (Å²) in [6, 6.07) is 12.8. The van der Waals surface area contributed by atoms with Crippen molar-refractivity contribution in [3.8, 4) is 5.75 Å². The molecule has 3 rings (SSSR count). The minimum absolute atomic E-state index is 0.0271. The van der Waals surface area contributed by atoms with Crippen LogP contribution in [0.4, 0.5) is 5.82 Å². The number of ether oxygens (including phenoxy) is 1. The predicted molar refractivity (Wildman–Crippen MR) is 111 cm³/mol. The Hall–Kier alpha value is -2.71. The number of hydrogen-bond acceptors (Lipinski definition) is 7. The van der Waals surface area contributed by atoms with Gasteiger partial charge in [0.15, 0.2) is 9.84 Å². The van der Waals surface area contributed by atoms with Crippen LogP contribution < -0.4 is 10.1 Å². The van der Waals surface area contributed by atoms with E-state index in [9.17, 15) is 8.42 Å². The smallest absolute Gasteiger partial charge is 0.175 e. The third-order valence-electron chi connectivity index (χ3n) is 4.62. The fourth-order valence-electron chi connectivity index (χ4n) is 3.11. The van der Waals surface area contributed by atoms with E-state index in [0.29, 0.717) is 23.3 Å². The maximum atomic E-state index is 11.9. The second-order valence-corrected chi connectivity index (χ2v) is 8.79. The quantitative estimate of drug-likeness (QED) is 0.653. The first kappa shape index (κ1) is 20.0. The standard InChI is InChI=1S/C20H24N4O3S/c1-24(2)18(15-7-5-6-8-19(15)27-3)12-21-20-16-11-14(28(4,25)26)9-10-17(16)22-13-23-20/h5-11,13,18H,12H2,1-4H3,(H,21,22,23). The Morgan fingerprint density at radius 3 is 2.57 bits per heavy atom. The van der Waals surface area contributed by atoms with Crippen LogP contribution in [0.5, 0.6) is 5.75 Å². The summed E-state index contributed by atoms with van der Waals surface area (Å²) in [5, 5.41) is 4.02. The molecule has 1 atom stereocenters. The molecule has 0 saturated heterocycles. The van der Waals surface area contributed by atoms with E-state index in [1.165, 1.54) is 12.6 Å². The molecule has 0 aliphatic heterocycles. The maximum Gasteiger partial charge on any atom is 0.175 e. The van der Waals surface area contributed by atoms with Gasteiger partial charge < -0.3 is 15.0 Å². The number of aromatic nitrogens is 2. The van der Waals surface area contributed by atoms with Crippen molar-refractivity contribution < 1.29 is 13.2 Å². The maximum absolute atomic E-state index is 11.9. The number of para-hydroxylation sites is 1. The first-order valence-electron chi connectivity index (χ1n) is 8.79. The van der Waals surface area contributed by atoms with Crippen LogP contribution in [-0.4, -0.2) is 57.3 Å². The molecule has 1 heterocycles. The van der Waals surface area contributed by atoms with Crippen LogP contribution in [0.1, 0.15) is 11.6 Å². The van der Waals surface area contributed by atoms with Crippen molar-refractivity contribution in [3.63, 3.8) is 0 Å². The molecule has 1 aromatic heterocycles. The van der Waals surface area contributed by atoms with Crippen molar-refractivity contribution in [2.24, 2.45) is 0 Å². The Kier molecular flexibility index (Phi) is 5.81. The van der Waals surface area contributed by atoms with Gasteiger partial charge in [0, 0.05) is 23.8 Å². The van der Waals surface area contributed by atoms with Crippen LogP contribution in [0.2, 0.25) is 0 Å². The van der Waals surface area contributed by atoms with E-state index in [1.54, 1.807) is 25.3 Å². The molecule has 3 aromatic rings. The lowest BCUT2D eigenvalue weighted by molar-refractivity contribution is 0.300. The van der Waals surface area contributed by atoms with Gasteiger partial charge in [0.25, 0.3) is 0 Å². The molecule has 1 unspecified atom stereocenters. The lowest BCUT2D eigenvalue weighted by Crippen LogP contribution is -2.27. The highest BCUT2D eigenvalue weighted by Gasteiger charge is 2.19. The molecule has 7 nitrogen and oxygen atoms in total. The van der Waals surface area contributed by atoms with E-state index in [-0.39, 0.29) is 10.9 Å². The Morgan fingerprint density at radius 2 is 1.89 bits per heavy atom. The molecule has 0 bridgehead atoms. The second-order valence-electron chi connectivity index (χ2n) is 6.78. The van der Waals surface area contributed by atoms with E-state index in [1.807, 2.05) is 38.4 Å². The van der Waals surface area contributed by atoms with Crippen LogP contribution in [0.3, 0.4) is 0 Å². The van der Waals surface area contributed by atoms with Gasteiger partial charge in [-0.25, -0.2) is 18.4 Å². The Bertz CT molecular complexity index is 1080. The molecule has 148 valence electrons. The minimum Gasteiger partial charge on any atom is -0.496 e. The van der Waals surface area contributed by atoms with Crippen LogP contribution in [0.25, 0.3) is 10.9 Å². The fourth-order valence-corrected chi connectivity index (χ4v) is 3.76. The lowest BCUT2D eigenvalue weighted by Gasteiger charge is -2.27. The first-order chi connectivity index (χ1) is 13.3. The van der Waals surface area contributed by atoms with Crippen molar-refractivity contribution in [2.75, 3.05) is 39.3 Å². The van der Waals surface area contributed by atoms with E-state index in [0.717, 1.165) is 11.3 Å². The van der Waals surface area contributed by atoms with Crippen molar-refractivity contribution in [1.82, 2.24) is 14.9 Å². The lowest BCUT2D eigenvalue weighted by atomic mass is 10.0. The van der Waals surface area contributed by atoms with E-state index >= 15 is 0 Å². The van der Waals surface area contributed by atoms with Gasteiger partial charge in [-0.3, -0.25) is 0 Å². The topological polar surface area (TPSA) is 84.4 Å². The summed E-state index contributed by atoms with van der Waals surface area (Å²) in [4.78, 5) is 10.9. The summed E-state index contributed by atoms with van der Waals surface area (Å²) in [6.45, 7) is 0.558. The zero-order valence-electron chi connectivity index (χ0n) is 16.4. The number of hydrogen-bond donors (Lipinski definition) is 1. The molecule has 8 heteroatoms.